The van der Waals surface area contributed by atoms with E-state index >= 15 is 0 Å². The van der Waals surface area contributed by atoms with Gasteiger partial charge >= 0.3 is 13.3 Å². The predicted molar refractivity (Wildman–Crippen MR) is 67.8 cm³/mol. The maximum Gasteiger partial charge on any atom is 0.399 e. The number of rotatable bonds is 5. The van der Waals surface area contributed by atoms with Crippen molar-refractivity contribution in [2.24, 2.45) is 0 Å². The molecule has 0 spiro atoms. The molecule has 0 heterocycles. The largest absolute Gasteiger partial charge is 0.399 e. The summed E-state index contributed by atoms with van der Waals surface area (Å²) >= 11 is 0. The van der Waals surface area contributed by atoms with Gasteiger partial charge in [0.1, 0.15) is 0 Å². The predicted octanol–water partition coefficient (Wildman–Crippen LogP) is 2.95. The number of nitro groups is 1. The van der Waals surface area contributed by atoms with Gasteiger partial charge in [-0.3, -0.25) is 14.7 Å². The van der Waals surface area contributed by atoms with Crippen LogP contribution in [0, 0.1) is 10.1 Å². The summed E-state index contributed by atoms with van der Waals surface area (Å²) in [6, 6.07) is 1.58. The van der Waals surface area contributed by atoms with Crippen molar-refractivity contribution in [3.05, 3.63) is 38.9 Å². The average molecular weight is 309 g/mol. The molecule has 112 valence electrons. The van der Waals surface area contributed by atoms with E-state index in [4.69, 9.17) is 9.79 Å². The molecule has 2 N–H and O–H groups in total. The Morgan fingerprint density at radius 3 is 2.10 bits per heavy atom. The quantitative estimate of drug-likeness (QED) is 0.495. The van der Waals surface area contributed by atoms with E-state index in [0.29, 0.717) is 0 Å². The third-order valence-electron chi connectivity index (χ3n) is 3.00. The van der Waals surface area contributed by atoms with Crippen molar-refractivity contribution in [1.82, 2.24) is 0 Å². The number of hydrogen-bond donors (Lipinski definition) is 2. The minimum absolute atomic E-state index is 0.00970. The second kappa shape index (κ2) is 5.55. The summed E-state index contributed by atoms with van der Waals surface area (Å²) in [5, 5.41) is 10.9. The Kier molecular flexibility index (Phi) is 4.63. The SMILES string of the molecule is CCc1c([N+](=O)[O-])ccc(C(F)(F)P(=O)(O)O)c1CC. The zero-order valence-electron chi connectivity index (χ0n) is 10.8. The van der Waals surface area contributed by atoms with Gasteiger partial charge in [-0.25, -0.2) is 0 Å². The van der Waals surface area contributed by atoms with Gasteiger partial charge in [0.15, 0.2) is 0 Å². The first-order valence-corrected chi connectivity index (χ1v) is 7.42. The fourth-order valence-corrected chi connectivity index (χ4v) is 2.61. The van der Waals surface area contributed by atoms with Crippen molar-refractivity contribution in [3.63, 3.8) is 0 Å². The van der Waals surface area contributed by atoms with Crippen LogP contribution in [-0.2, 0) is 23.1 Å². The Morgan fingerprint density at radius 2 is 1.75 bits per heavy atom. The molecule has 1 rings (SSSR count). The normalized spacial score (nSPS) is 12.5. The highest BCUT2D eigenvalue weighted by molar-refractivity contribution is 7.52. The zero-order valence-corrected chi connectivity index (χ0v) is 11.7. The molecule has 0 radical (unpaired) electrons. The van der Waals surface area contributed by atoms with Gasteiger partial charge in [-0.15, -0.1) is 0 Å². The van der Waals surface area contributed by atoms with Crippen LogP contribution in [0.25, 0.3) is 0 Å². The lowest BCUT2D eigenvalue weighted by Gasteiger charge is -2.22. The van der Waals surface area contributed by atoms with Crippen molar-refractivity contribution in [3.8, 4) is 0 Å². The number of hydrogen-bond acceptors (Lipinski definition) is 3. The van der Waals surface area contributed by atoms with E-state index in [1.54, 1.807) is 6.92 Å². The van der Waals surface area contributed by atoms with Gasteiger partial charge < -0.3 is 9.79 Å². The number of alkyl halides is 2. The minimum Gasteiger partial charge on any atom is -0.320 e. The molecule has 0 saturated heterocycles. The number of halogens is 2. The van der Waals surface area contributed by atoms with E-state index < -0.39 is 23.7 Å². The Morgan fingerprint density at radius 1 is 1.25 bits per heavy atom. The van der Waals surface area contributed by atoms with Gasteiger partial charge in [0.05, 0.1) is 4.92 Å². The van der Waals surface area contributed by atoms with E-state index in [-0.39, 0.29) is 29.7 Å². The molecule has 0 aliphatic carbocycles. The number of benzene rings is 1. The van der Waals surface area contributed by atoms with Crippen LogP contribution in [0.3, 0.4) is 0 Å². The third kappa shape index (κ3) is 2.72. The molecule has 0 fully saturated rings. The fraction of sp³-hybridized carbons (Fsp3) is 0.455. The van der Waals surface area contributed by atoms with Crippen LogP contribution in [0.5, 0.6) is 0 Å². The molecule has 1 aromatic carbocycles. The molecule has 1 aromatic rings. The molecule has 0 atom stereocenters. The average Bonchev–Trinajstić information content (AvgIpc) is 2.34. The summed E-state index contributed by atoms with van der Waals surface area (Å²) in [7, 11) is -5.70. The molecular formula is C11H14F2NO5P. The number of nitro benzene ring substituents is 1. The number of nitrogens with zero attached hydrogens (tertiary/aromatic N) is 1. The van der Waals surface area contributed by atoms with Crippen LogP contribution in [0.1, 0.15) is 30.5 Å². The first-order valence-electron chi connectivity index (χ1n) is 5.80. The second-order valence-electron chi connectivity index (χ2n) is 4.14. The molecule has 9 heteroatoms. The van der Waals surface area contributed by atoms with Crippen LogP contribution in [0.4, 0.5) is 14.5 Å². The van der Waals surface area contributed by atoms with Gasteiger partial charge in [0, 0.05) is 17.2 Å². The topological polar surface area (TPSA) is 101 Å². The zero-order chi connectivity index (χ0) is 15.7. The maximum atomic E-state index is 13.8. The fourth-order valence-electron chi connectivity index (χ4n) is 2.09. The van der Waals surface area contributed by atoms with E-state index in [9.17, 15) is 23.5 Å². The Hall–Kier alpha value is -1.37. The van der Waals surface area contributed by atoms with Gasteiger partial charge in [-0.2, -0.15) is 8.78 Å². The summed E-state index contributed by atoms with van der Waals surface area (Å²) < 4.78 is 38.6. The molecule has 0 bridgehead atoms. The van der Waals surface area contributed by atoms with Crippen LogP contribution in [-0.4, -0.2) is 14.7 Å². The van der Waals surface area contributed by atoms with Crippen molar-refractivity contribution in [2.45, 2.75) is 32.4 Å². The highest BCUT2D eigenvalue weighted by atomic mass is 31.2. The van der Waals surface area contributed by atoms with Crippen molar-refractivity contribution in [1.29, 1.82) is 0 Å². The van der Waals surface area contributed by atoms with E-state index in [1.165, 1.54) is 6.92 Å². The maximum absolute atomic E-state index is 13.8. The smallest absolute Gasteiger partial charge is 0.320 e. The van der Waals surface area contributed by atoms with E-state index in [0.717, 1.165) is 12.1 Å². The van der Waals surface area contributed by atoms with Crippen molar-refractivity contribution >= 4 is 13.3 Å². The molecule has 0 unspecified atom stereocenters. The lowest BCUT2D eigenvalue weighted by Crippen LogP contribution is -2.18. The second-order valence-corrected chi connectivity index (χ2v) is 5.79. The molecule has 0 amide bonds. The molecule has 6 nitrogen and oxygen atoms in total. The first-order chi connectivity index (χ1) is 9.07. The monoisotopic (exact) mass is 309 g/mol. The lowest BCUT2D eigenvalue weighted by atomic mass is 9.95. The Balaban J connectivity index is 3.67. The lowest BCUT2D eigenvalue weighted by molar-refractivity contribution is -0.385. The highest BCUT2D eigenvalue weighted by Gasteiger charge is 2.52. The summed E-state index contributed by atoms with van der Waals surface area (Å²) in [5.74, 6) is 0. The standard InChI is InChI=1S/C11H14F2NO5P/c1-3-7-8(4-2)10(14(15)16)6-5-9(7)11(12,13)20(17,18)19/h5-6H,3-4H2,1-2H3,(H2,17,18,19). The Bertz CT molecular complexity index is 584. The van der Waals surface area contributed by atoms with Crippen LogP contribution >= 0.6 is 7.60 Å². The van der Waals surface area contributed by atoms with Crippen LogP contribution in [0.2, 0.25) is 0 Å². The molecule has 0 aliphatic rings. The van der Waals surface area contributed by atoms with Crippen LogP contribution in [0.15, 0.2) is 12.1 Å². The van der Waals surface area contributed by atoms with Gasteiger partial charge in [0.2, 0.25) is 0 Å². The highest BCUT2D eigenvalue weighted by Crippen LogP contribution is 2.60. The van der Waals surface area contributed by atoms with Crippen molar-refractivity contribution < 1.29 is 28.1 Å². The molecule has 20 heavy (non-hydrogen) atoms. The molecule has 0 aromatic heterocycles. The van der Waals surface area contributed by atoms with Gasteiger partial charge in [-0.05, 0) is 24.5 Å². The Labute approximate surface area is 113 Å². The molecular weight excluding hydrogens is 295 g/mol. The molecule has 0 aliphatic heterocycles. The summed E-state index contributed by atoms with van der Waals surface area (Å²) in [4.78, 5) is 27.8. The van der Waals surface area contributed by atoms with Crippen molar-refractivity contribution in [2.75, 3.05) is 0 Å². The van der Waals surface area contributed by atoms with E-state index in [2.05, 4.69) is 0 Å². The first kappa shape index (κ1) is 16.7. The summed E-state index contributed by atoms with van der Waals surface area (Å²) in [6.45, 7) is 3.05. The summed E-state index contributed by atoms with van der Waals surface area (Å²) in [6.07, 6.45) is 0.125. The van der Waals surface area contributed by atoms with Gasteiger partial charge in [0.25, 0.3) is 5.69 Å². The summed E-state index contributed by atoms with van der Waals surface area (Å²) in [5.41, 5.74) is -5.55. The minimum atomic E-state index is -5.70. The molecule has 0 saturated carbocycles. The van der Waals surface area contributed by atoms with E-state index in [1.807, 2.05) is 0 Å². The van der Waals surface area contributed by atoms with Gasteiger partial charge in [-0.1, -0.05) is 13.8 Å². The third-order valence-corrected chi connectivity index (χ3v) is 3.97. The van der Waals surface area contributed by atoms with Crippen LogP contribution < -0.4 is 0 Å².